The second kappa shape index (κ2) is 9.63. The van der Waals surface area contributed by atoms with Crippen molar-refractivity contribution in [3.63, 3.8) is 0 Å². The minimum Gasteiger partial charge on any atom is -0.492 e. The number of carbonyl (C=O) groups excluding carboxylic acids is 2. The van der Waals surface area contributed by atoms with Gasteiger partial charge in [-0.15, -0.1) is 0 Å². The van der Waals surface area contributed by atoms with Gasteiger partial charge in [-0.1, -0.05) is 30.9 Å². The van der Waals surface area contributed by atoms with E-state index in [1.807, 2.05) is 37.3 Å². The molecule has 1 aliphatic carbocycles. The van der Waals surface area contributed by atoms with Gasteiger partial charge in [0.05, 0.1) is 22.9 Å². The average molecular weight is 475 g/mol. The van der Waals surface area contributed by atoms with Crippen LogP contribution in [-0.2, 0) is 9.53 Å². The zero-order valence-corrected chi connectivity index (χ0v) is 19.9. The molecule has 0 unspecified atom stereocenters. The Morgan fingerprint density at radius 1 is 1.12 bits per heavy atom. The zero-order valence-electron chi connectivity index (χ0n) is 18.3. The van der Waals surface area contributed by atoms with Crippen LogP contribution in [0.15, 0.2) is 47.4 Å². The highest BCUT2D eigenvalue weighted by atomic mass is 35.5. The molecule has 6 nitrogen and oxygen atoms in total. The van der Waals surface area contributed by atoms with E-state index in [0.29, 0.717) is 17.4 Å². The van der Waals surface area contributed by atoms with Crippen LogP contribution in [0, 0.1) is 5.41 Å². The Labute approximate surface area is 197 Å². The lowest BCUT2D eigenvalue weighted by Gasteiger charge is -2.35. The van der Waals surface area contributed by atoms with E-state index in [1.165, 1.54) is 11.9 Å². The fraction of sp³-hybridized carbons (Fsp3) is 0.417. The maximum Gasteiger partial charge on any atom is 0.339 e. The molecule has 170 valence electrons. The third kappa shape index (κ3) is 4.55. The number of nitrogens with zero attached hydrogens (tertiary/aromatic N) is 2. The number of hydrogen-bond donors (Lipinski definition) is 0. The van der Waals surface area contributed by atoms with Gasteiger partial charge in [-0.3, -0.25) is 9.69 Å². The number of hydrogen-bond acceptors (Lipinski definition) is 5. The van der Waals surface area contributed by atoms with Gasteiger partial charge in [0.15, 0.2) is 0 Å². The Kier molecular flexibility index (Phi) is 6.86. The van der Waals surface area contributed by atoms with Crippen LogP contribution in [-0.4, -0.2) is 32.3 Å². The number of fused-ring (bicyclic) bond motifs is 1. The van der Waals surface area contributed by atoms with E-state index >= 15 is 0 Å². The normalized spacial score (nSPS) is 17.7. The summed E-state index contributed by atoms with van der Waals surface area (Å²) in [6, 6.07) is 12.7. The first-order valence-corrected chi connectivity index (χ1v) is 12.0. The molecule has 8 heteroatoms. The number of benzene rings is 2. The zero-order chi connectivity index (χ0) is 22.7. The molecule has 0 N–H and O–H groups in total. The quantitative estimate of drug-likeness (QED) is 0.362. The fourth-order valence-corrected chi connectivity index (χ4v) is 5.35. The molecule has 0 bridgehead atoms. The lowest BCUT2D eigenvalue weighted by Crippen LogP contribution is -2.41. The van der Waals surface area contributed by atoms with Gasteiger partial charge < -0.3 is 9.47 Å². The summed E-state index contributed by atoms with van der Waals surface area (Å²) < 4.78 is 13.1. The summed E-state index contributed by atoms with van der Waals surface area (Å²) in [5, 5.41) is 0.623. The maximum absolute atomic E-state index is 13.0. The summed E-state index contributed by atoms with van der Waals surface area (Å²) in [6.45, 7) is 2.48. The second-order valence-corrected chi connectivity index (χ2v) is 9.61. The van der Waals surface area contributed by atoms with E-state index in [1.54, 1.807) is 28.4 Å². The van der Waals surface area contributed by atoms with Crippen LogP contribution < -0.4 is 13.9 Å². The highest BCUT2D eigenvalue weighted by molar-refractivity contribution is 8.01. The largest absolute Gasteiger partial charge is 0.492 e. The molecule has 2 aliphatic rings. The van der Waals surface area contributed by atoms with Crippen LogP contribution in [0.4, 0.5) is 16.2 Å². The smallest absolute Gasteiger partial charge is 0.339 e. The topological polar surface area (TPSA) is 59.1 Å². The minimum absolute atomic E-state index is 0.155. The summed E-state index contributed by atoms with van der Waals surface area (Å²) >= 11 is 7.35. The first-order chi connectivity index (χ1) is 15.4. The van der Waals surface area contributed by atoms with Crippen molar-refractivity contribution in [3.8, 4) is 5.75 Å². The summed E-state index contributed by atoms with van der Waals surface area (Å²) in [5.74, 6) is 0.470. The molecule has 0 atom stereocenters. The van der Waals surface area contributed by atoms with Gasteiger partial charge in [-0.2, -0.15) is 0 Å². The summed E-state index contributed by atoms with van der Waals surface area (Å²) in [6.07, 6.45) is 4.69. The van der Waals surface area contributed by atoms with Gasteiger partial charge in [0, 0.05) is 18.1 Å². The number of amides is 2. The number of carbonyl (C=O) groups is 2. The van der Waals surface area contributed by atoms with Crippen LogP contribution in [0.5, 0.6) is 5.75 Å². The molecule has 2 aromatic carbocycles. The number of halogens is 1. The van der Waals surface area contributed by atoms with Crippen LogP contribution in [0.1, 0.15) is 39.0 Å². The van der Waals surface area contributed by atoms with Crippen molar-refractivity contribution in [1.29, 1.82) is 0 Å². The van der Waals surface area contributed by atoms with Crippen molar-refractivity contribution in [2.45, 2.75) is 43.9 Å². The molecule has 4 rings (SSSR count). The number of esters is 1. The molecule has 2 amide bonds. The average Bonchev–Trinajstić information content (AvgIpc) is 2.81. The van der Waals surface area contributed by atoms with E-state index in [0.717, 1.165) is 48.4 Å². The Morgan fingerprint density at radius 2 is 1.84 bits per heavy atom. The van der Waals surface area contributed by atoms with Crippen molar-refractivity contribution in [3.05, 3.63) is 47.5 Å². The van der Waals surface area contributed by atoms with Crippen LogP contribution in [0.3, 0.4) is 0 Å². The predicted octanol–water partition coefficient (Wildman–Crippen LogP) is 6.32. The van der Waals surface area contributed by atoms with E-state index in [9.17, 15) is 9.59 Å². The molecule has 0 spiro atoms. The summed E-state index contributed by atoms with van der Waals surface area (Å²) in [5.41, 5.74) is 0.943. The van der Waals surface area contributed by atoms with E-state index in [-0.39, 0.29) is 18.6 Å². The second-order valence-electron chi connectivity index (χ2n) is 8.18. The number of ether oxygens (including phenoxy) is 2. The third-order valence-corrected chi connectivity index (χ3v) is 7.38. The molecule has 0 aromatic heterocycles. The predicted molar refractivity (Wildman–Crippen MR) is 128 cm³/mol. The summed E-state index contributed by atoms with van der Waals surface area (Å²) in [7, 11) is 1.74. The number of rotatable bonds is 6. The van der Waals surface area contributed by atoms with E-state index < -0.39 is 5.41 Å². The van der Waals surface area contributed by atoms with Gasteiger partial charge in [0.25, 0.3) is 0 Å². The van der Waals surface area contributed by atoms with Gasteiger partial charge >= 0.3 is 12.0 Å². The monoisotopic (exact) mass is 474 g/mol. The Morgan fingerprint density at radius 3 is 2.53 bits per heavy atom. The highest BCUT2D eigenvalue weighted by Crippen LogP contribution is 2.43. The Hall–Kier alpha value is -2.38. The molecular formula is C24H27ClN2O4S. The maximum atomic E-state index is 13.0. The Bertz CT molecular complexity index is 992. The number of anilines is 2. The van der Waals surface area contributed by atoms with E-state index in [2.05, 4.69) is 0 Å². The number of urea groups is 1. The van der Waals surface area contributed by atoms with Crippen LogP contribution in [0.2, 0.25) is 5.02 Å². The SMILES string of the molecule is CCOC(=O)C1(COc2ccc3c(c2)N(C)C(=O)N(c2ccc(Cl)cc2)S3)CCCCC1. The minimum atomic E-state index is -0.591. The molecule has 2 aromatic rings. The van der Waals surface area contributed by atoms with Gasteiger partial charge in [0.1, 0.15) is 17.8 Å². The molecule has 1 saturated carbocycles. The summed E-state index contributed by atoms with van der Waals surface area (Å²) in [4.78, 5) is 28.2. The van der Waals surface area contributed by atoms with Crippen LogP contribution >= 0.6 is 23.5 Å². The van der Waals surface area contributed by atoms with Gasteiger partial charge in [-0.05, 0) is 68.1 Å². The first kappa shape index (κ1) is 22.8. The molecule has 1 heterocycles. The fourth-order valence-electron chi connectivity index (χ4n) is 4.18. The van der Waals surface area contributed by atoms with Crippen molar-refractivity contribution in [2.75, 3.05) is 29.5 Å². The van der Waals surface area contributed by atoms with Gasteiger partial charge in [0.2, 0.25) is 0 Å². The molecule has 0 saturated heterocycles. The van der Waals surface area contributed by atoms with Gasteiger partial charge in [-0.25, -0.2) is 9.10 Å². The van der Waals surface area contributed by atoms with E-state index in [4.69, 9.17) is 21.1 Å². The first-order valence-electron chi connectivity index (χ1n) is 10.9. The third-order valence-electron chi connectivity index (χ3n) is 6.04. The molecule has 32 heavy (non-hydrogen) atoms. The molecule has 1 fully saturated rings. The lowest BCUT2D eigenvalue weighted by atomic mass is 9.74. The van der Waals surface area contributed by atoms with Crippen molar-refractivity contribution in [1.82, 2.24) is 0 Å². The van der Waals surface area contributed by atoms with Crippen molar-refractivity contribution >= 4 is 46.9 Å². The standard InChI is InChI=1S/C24H27ClN2O4S/c1-3-30-22(28)24(13-5-4-6-14-24)16-31-19-11-12-21-20(15-19)26(2)23(29)27(32-21)18-9-7-17(25)8-10-18/h7-12,15H,3-6,13-14,16H2,1-2H3. The Balaban J connectivity index is 1.52. The molecular weight excluding hydrogens is 448 g/mol. The van der Waals surface area contributed by atoms with Crippen molar-refractivity contribution < 1.29 is 19.1 Å². The van der Waals surface area contributed by atoms with Crippen LogP contribution in [0.25, 0.3) is 0 Å². The lowest BCUT2D eigenvalue weighted by molar-refractivity contribution is -0.159. The van der Waals surface area contributed by atoms with Crippen molar-refractivity contribution in [2.24, 2.45) is 5.41 Å². The molecule has 1 aliphatic heterocycles. The highest BCUT2D eigenvalue weighted by Gasteiger charge is 2.42. The molecule has 0 radical (unpaired) electrons.